The van der Waals surface area contributed by atoms with Gasteiger partial charge in [0.05, 0.1) is 26.5 Å². The van der Waals surface area contributed by atoms with Crippen LogP contribution in [0.1, 0.15) is 15.9 Å². The molecule has 1 N–H and O–H groups in total. The van der Waals surface area contributed by atoms with Crippen molar-refractivity contribution in [3.05, 3.63) is 71.8 Å². The van der Waals surface area contributed by atoms with Crippen LogP contribution in [0.25, 0.3) is 0 Å². The van der Waals surface area contributed by atoms with Crippen molar-refractivity contribution in [3.8, 4) is 23.0 Å². The van der Waals surface area contributed by atoms with Crippen LogP contribution in [0.15, 0.2) is 60.7 Å². The summed E-state index contributed by atoms with van der Waals surface area (Å²) in [6.07, 6.45) is 0. The summed E-state index contributed by atoms with van der Waals surface area (Å²) in [5.74, 6) is 1.82. The van der Waals surface area contributed by atoms with E-state index in [1.807, 2.05) is 31.2 Å². The number of hydrogen-bond donors (Lipinski definition) is 1. The highest BCUT2D eigenvalue weighted by molar-refractivity contribution is 6.05. The lowest BCUT2D eigenvalue weighted by atomic mass is 10.1. The van der Waals surface area contributed by atoms with Crippen LogP contribution >= 0.6 is 0 Å². The number of methoxy groups -OCH3 is 2. The standard InChI is InChI=1S/C26H26N2O6/c1-17-5-4-6-20(11-17)33-10-9-28-23-8-7-19(14-24(23)34-16-25(28)29)27-26(30)18-12-21(31-2)15-22(13-18)32-3/h4-8,11-15H,9-10,16H2,1-3H3,(H,27,30). The average molecular weight is 463 g/mol. The molecule has 0 saturated heterocycles. The number of fused-ring (bicyclic) bond motifs is 1. The van der Waals surface area contributed by atoms with E-state index in [1.54, 1.807) is 41.3 Å². The maximum atomic E-state index is 12.8. The third-order valence-corrected chi connectivity index (χ3v) is 5.35. The first-order chi connectivity index (χ1) is 16.5. The molecule has 34 heavy (non-hydrogen) atoms. The molecule has 1 aliphatic rings. The summed E-state index contributed by atoms with van der Waals surface area (Å²) in [7, 11) is 3.05. The minimum Gasteiger partial charge on any atom is -0.497 e. The van der Waals surface area contributed by atoms with Crippen LogP contribution in [0.3, 0.4) is 0 Å². The summed E-state index contributed by atoms with van der Waals surface area (Å²) >= 11 is 0. The molecule has 0 unspecified atom stereocenters. The van der Waals surface area contributed by atoms with E-state index in [1.165, 1.54) is 14.2 Å². The quantitative estimate of drug-likeness (QED) is 0.543. The van der Waals surface area contributed by atoms with Crippen molar-refractivity contribution in [2.75, 3.05) is 44.2 Å². The number of nitrogens with zero attached hydrogens (tertiary/aromatic N) is 1. The van der Waals surface area contributed by atoms with Crippen molar-refractivity contribution in [1.82, 2.24) is 0 Å². The van der Waals surface area contributed by atoms with Crippen molar-refractivity contribution in [2.24, 2.45) is 0 Å². The topological polar surface area (TPSA) is 86.3 Å². The molecule has 4 rings (SSSR count). The van der Waals surface area contributed by atoms with E-state index in [9.17, 15) is 9.59 Å². The number of aryl methyl sites for hydroxylation is 1. The summed E-state index contributed by atoms with van der Waals surface area (Å²) in [4.78, 5) is 26.9. The molecule has 8 nitrogen and oxygen atoms in total. The predicted octanol–water partition coefficient (Wildman–Crippen LogP) is 4.07. The molecule has 1 aliphatic heterocycles. The van der Waals surface area contributed by atoms with Crippen molar-refractivity contribution < 1.29 is 28.5 Å². The van der Waals surface area contributed by atoms with Crippen molar-refractivity contribution >= 4 is 23.2 Å². The van der Waals surface area contributed by atoms with Gasteiger partial charge in [-0.2, -0.15) is 0 Å². The summed E-state index contributed by atoms with van der Waals surface area (Å²) < 4.78 is 21.9. The Labute approximate surface area is 198 Å². The number of ether oxygens (including phenoxy) is 4. The molecule has 1 heterocycles. The van der Waals surface area contributed by atoms with Crippen LogP contribution < -0.4 is 29.2 Å². The monoisotopic (exact) mass is 462 g/mol. The second-order valence-corrected chi connectivity index (χ2v) is 7.74. The Morgan fingerprint density at radius 1 is 1.00 bits per heavy atom. The number of benzene rings is 3. The van der Waals surface area contributed by atoms with Crippen LogP contribution in [0, 0.1) is 6.92 Å². The summed E-state index contributed by atoms with van der Waals surface area (Å²) in [5.41, 5.74) is 2.66. The molecule has 0 aromatic heterocycles. The van der Waals surface area contributed by atoms with Gasteiger partial charge in [-0.1, -0.05) is 12.1 Å². The molecule has 3 aromatic carbocycles. The van der Waals surface area contributed by atoms with Crippen LogP contribution in [0.4, 0.5) is 11.4 Å². The van der Waals surface area contributed by atoms with Gasteiger partial charge in [0.2, 0.25) is 0 Å². The molecule has 3 aromatic rings. The Kier molecular flexibility index (Phi) is 6.87. The SMILES string of the molecule is COc1cc(OC)cc(C(=O)Nc2ccc3c(c2)OCC(=O)N3CCOc2cccc(C)c2)c1. The van der Waals surface area contributed by atoms with E-state index in [2.05, 4.69) is 5.32 Å². The van der Waals surface area contributed by atoms with E-state index in [4.69, 9.17) is 18.9 Å². The van der Waals surface area contributed by atoms with Crippen molar-refractivity contribution in [2.45, 2.75) is 6.92 Å². The minimum atomic E-state index is -0.326. The van der Waals surface area contributed by atoms with Gasteiger partial charge in [0, 0.05) is 23.4 Å². The van der Waals surface area contributed by atoms with Crippen LogP contribution in [-0.4, -0.2) is 45.8 Å². The summed E-state index contributed by atoms with van der Waals surface area (Å²) in [6, 6.07) is 17.9. The number of rotatable bonds is 8. The van der Waals surface area contributed by atoms with Gasteiger partial charge < -0.3 is 29.2 Å². The largest absolute Gasteiger partial charge is 0.497 e. The van der Waals surface area contributed by atoms with Gasteiger partial charge in [0.1, 0.15) is 29.6 Å². The molecular weight excluding hydrogens is 436 g/mol. The zero-order chi connectivity index (χ0) is 24.1. The van der Waals surface area contributed by atoms with Crippen LogP contribution in [0.2, 0.25) is 0 Å². The Balaban J connectivity index is 1.46. The van der Waals surface area contributed by atoms with Crippen molar-refractivity contribution in [3.63, 3.8) is 0 Å². The van der Waals surface area contributed by atoms with Gasteiger partial charge in [-0.15, -0.1) is 0 Å². The Bertz CT molecular complexity index is 1190. The van der Waals surface area contributed by atoms with E-state index in [0.717, 1.165) is 11.3 Å². The smallest absolute Gasteiger partial charge is 0.265 e. The normalized spacial score (nSPS) is 12.4. The molecule has 0 fully saturated rings. The lowest BCUT2D eigenvalue weighted by Gasteiger charge is -2.29. The van der Waals surface area contributed by atoms with Gasteiger partial charge in [-0.3, -0.25) is 9.59 Å². The third kappa shape index (κ3) is 5.23. The fourth-order valence-electron chi connectivity index (χ4n) is 3.63. The van der Waals surface area contributed by atoms with Gasteiger partial charge in [0.15, 0.2) is 6.61 Å². The number of hydrogen-bond acceptors (Lipinski definition) is 6. The summed E-state index contributed by atoms with van der Waals surface area (Å²) in [5, 5.41) is 2.85. The number of nitrogens with one attached hydrogen (secondary N) is 1. The molecule has 0 aliphatic carbocycles. The lowest BCUT2D eigenvalue weighted by Crippen LogP contribution is -2.41. The first-order valence-corrected chi connectivity index (χ1v) is 10.8. The predicted molar refractivity (Wildman–Crippen MR) is 128 cm³/mol. The molecule has 0 bridgehead atoms. The Morgan fingerprint density at radius 2 is 1.76 bits per heavy atom. The van der Waals surface area contributed by atoms with E-state index in [0.29, 0.717) is 47.3 Å². The number of anilines is 2. The number of amides is 2. The molecule has 176 valence electrons. The lowest BCUT2D eigenvalue weighted by molar-refractivity contribution is -0.121. The molecular formula is C26H26N2O6. The molecule has 8 heteroatoms. The highest BCUT2D eigenvalue weighted by Crippen LogP contribution is 2.35. The average Bonchev–Trinajstić information content (AvgIpc) is 2.85. The van der Waals surface area contributed by atoms with E-state index in [-0.39, 0.29) is 18.4 Å². The third-order valence-electron chi connectivity index (χ3n) is 5.35. The minimum absolute atomic E-state index is 0.0814. The molecule has 0 atom stereocenters. The van der Waals surface area contributed by atoms with Crippen LogP contribution in [0.5, 0.6) is 23.0 Å². The molecule has 2 amide bonds. The molecule has 0 spiro atoms. The van der Waals surface area contributed by atoms with Crippen molar-refractivity contribution in [1.29, 1.82) is 0 Å². The maximum absolute atomic E-state index is 12.8. The van der Waals surface area contributed by atoms with Gasteiger partial charge in [-0.25, -0.2) is 0 Å². The number of carbonyl (C=O) groups is 2. The molecule has 0 radical (unpaired) electrons. The van der Waals surface area contributed by atoms with Crippen LogP contribution in [-0.2, 0) is 4.79 Å². The highest BCUT2D eigenvalue weighted by atomic mass is 16.5. The summed E-state index contributed by atoms with van der Waals surface area (Å²) in [6.45, 7) is 2.63. The Hall–Kier alpha value is -4.20. The fourth-order valence-corrected chi connectivity index (χ4v) is 3.63. The Morgan fingerprint density at radius 3 is 2.47 bits per heavy atom. The van der Waals surface area contributed by atoms with E-state index >= 15 is 0 Å². The molecule has 0 saturated carbocycles. The highest BCUT2D eigenvalue weighted by Gasteiger charge is 2.26. The zero-order valence-corrected chi connectivity index (χ0v) is 19.3. The second kappa shape index (κ2) is 10.2. The first kappa shape index (κ1) is 23.0. The van der Waals surface area contributed by atoms with Gasteiger partial charge in [-0.05, 0) is 48.9 Å². The van der Waals surface area contributed by atoms with Gasteiger partial charge >= 0.3 is 0 Å². The van der Waals surface area contributed by atoms with Gasteiger partial charge in [0.25, 0.3) is 11.8 Å². The maximum Gasteiger partial charge on any atom is 0.265 e. The zero-order valence-electron chi connectivity index (χ0n) is 19.3. The second-order valence-electron chi connectivity index (χ2n) is 7.74. The first-order valence-electron chi connectivity index (χ1n) is 10.8. The fraction of sp³-hybridized carbons (Fsp3) is 0.231. The number of carbonyl (C=O) groups excluding carboxylic acids is 2. The van der Waals surface area contributed by atoms with E-state index < -0.39 is 0 Å².